The van der Waals surface area contributed by atoms with Crippen LogP contribution in [0.2, 0.25) is 0 Å². The summed E-state index contributed by atoms with van der Waals surface area (Å²) >= 11 is 0. The third kappa shape index (κ3) is 1.66. The first kappa shape index (κ1) is 10.4. The van der Waals surface area contributed by atoms with Gasteiger partial charge >= 0.3 is 7.12 Å². The summed E-state index contributed by atoms with van der Waals surface area (Å²) in [5.74, 6) is 0. The summed E-state index contributed by atoms with van der Waals surface area (Å²) in [6, 6.07) is 0. The topological polar surface area (TPSA) is 66.2 Å². The van der Waals surface area contributed by atoms with Crippen LogP contribution in [0, 0.1) is 10.8 Å². The zero-order valence-corrected chi connectivity index (χ0v) is 8.47. The van der Waals surface area contributed by atoms with E-state index in [2.05, 4.69) is 0 Å². The molecule has 0 aliphatic carbocycles. The first-order valence-electron chi connectivity index (χ1n) is 4.25. The lowest BCUT2D eigenvalue weighted by Gasteiger charge is -2.32. The van der Waals surface area contributed by atoms with Crippen molar-refractivity contribution in [2.75, 3.05) is 0 Å². The molecular formula is C8H15BN2O2. The molecule has 1 aliphatic heterocycles. The van der Waals surface area contributed by atoms with Crippen molar-refractivity contribution in [3.8, 4) is 0 Å². The average molecular weight is 182 g/mol. The second-order valence-electron chi connectivity index (χ2n) is 4.19. The first-order chi connectivity index (χ1) is 5.80. The fourth-order valence-electron chi connectivity index (χ4n) is 1.04. The van der Waals surface area contributed by atoms with Gasteiger partial charge in [-0.25, -0.2) is 0 Å². The van der Waals surface area contributed by atoms with Crippen molar-refractivity contribution in [3.05, 3.63) is 0 Å². The van der Waals surface area contributed by atoms with Crippen LogP contribution in [0.5, 0.6) is 0 Å². The molecule has 13 heavy (non-hydrogen) atoms. The Morgan fingerprint density at radius 1 is 1.15 bits per heavy atom. The predicted octanol–water partition coefficient (Wildman–Crippen LogP) is 1.29. The van der Waals surface area contributed by atoms with Crippen molar-refractivity contribution in [2.24, 2.45) is 0 Å². The number of hydrogen-bond donors (Lipinski definition) is 2. The van der Waals surface area contributed by atoms with Gasteiger partial charge in [0.05, 0.1) is 16.8 Å². The van der Waals surface area contributed by atoms with Gasteiger partial charge in [0.2, 0.25) is 0 Å². The summed E-state index contributed by atoms with van der Waals surface area (Å²) in [6.07, 6.45) is 0.947. The maximum atomic E-state index is 7.39. The molecule has 72 valence electrons. The quantitative estimate of drug-likeness (QED) is 0.499. The Labute approximate surface area is 78.8 Å². The summed E-state index contributed by atoms with van der Waals surface area (Å²) < 4.78 is 11.0. The molecule has 0 unspecified atom stereocenters. The lowest BCUT2D eigenvalue weighted by atomic mass is 9.83. The highest BCUT2D eigenvalue weighted by molar-refractivity contribution is 6.92. The van der Waals surface area contributed by atoms with Crippen LogP contribution in [0.15, 0.2) is 0 Å². The van der Waals surface area contributed by atoms with Gasteiger partial charge in [0.15, 0.2) is 0 Å². The van der Waals surface area contributed by atoms with Crippen molar-refractivity contribution in [1.29, 1.82) is 10.8 Å². The molecular weight excluding hydrogens is 167 g/mol. The van der Waals surface area contributed by atoms with Crippen LogP contribution in [-0.4, -0.2) is 30.1 Å². The van der Waals surface area contributed by atoms with E-state index in [4.69, 9.17) is 20.1 Å². The summed E-state index contributed by atoms with van der Waals surface area (Å²) in [5.41, 5.74) is -0.793. The molecule has 1 aliphatic rings. The Morgan fingerprint density at radius 2 is 1.54 bits per heavy atom. The minimum Gasteiger partial charge on any atom is -0.398 e. The summed E-state index contributed by atoms with van der Waals surface area (Å²) in [7, 11) is -0.692. The monoisotopic (exact) mass is 182 g/mol. The van der Waals surface area contributed by atoms with E-state index in [0.717, 1.165) is 6.21 Å². The van der Waals surface area contributed by atoms with Gasteiger partial charge in [0, 0.05) is 6.21 Å². The molecule has 0 bridgehead atoms. The second kappa shape index (κ2) is 2.92. The second-order valence-corrected chi connectivity index (χ2v) is 4.19. The number of hydrogen-bond acceptors (Lipinski definition) is 4. The molecule has 0 radical (unpaired) electrons. The molecule has 0 aromatic carbocycles. The van der Waals surface area contributed by atoms with Gasteiger partial charge in [-0.15, -0.1) is 0 Å². The Kier molecular flexibility index (Phi) is 2.34. The molecule has 0 saturated carbocycles. The van der Waals surface area contributed by atoms with Crippen LogP contribution >= 0.6 is 0 Å². The highest BCUT2D eigenvalue weighted by atomic mass is 16.7. The summed E-state index contributed by atoms with van der Waals surface area (Å²) in [6.45, 7) is 7.68. The van der Waals surface area contributed by atoms with Crippen molar-refractivity contribution in [1.82, 2.24) is 0 Å². The molecule has 5 heteroatoms. The van der Waals surface area contributed by atoms with Crippen LogP contribution in [0.3, 0.4) is 0 Å². The lowest BCUT2D eigenvalue weighted by Crippen LogP contribution is -2.41. The first-order valence-corrected chi connectivity index (χ1v) is 4.25. The van der Waals surface area contributed by atoms with Crippen LogP contribution in [0.1, 0.15) is 27.7 Å². The SMILES string of the molecule is CC1(C)OB(C(=N)C=N)OC1(C)C. The Balaban J connectivity index is 2.82. The molecule has 0 atom stereocenters. The van der Waals surface area contributed by atoms with Gasteiger partial charge in [-0.3, -0.25) is 0 Å². The van der Waals surface area contributed by atoms with Gasteiger partial charge in [0.25, 0.3) is 0 Å². The zero-order chi connectivity index (χ0) is 10.3. The van der Waals surface area contributed by atoms with E-state index >= 15 is 0 Å². The van der Waals surface area contributed by atoms with E-state index in [1.54, 1.807) is 0 Å². The maximum Gasteiger partial charge on any atom is 0.515 e. The van der Waals surface area contributed by atoms with Crippen LogP contribution in [-0.2, 0) is 9.31 Å². The molecule has 0 aromatic rings. The fourth-order valence-corrected chi connectivity index (χ4v) is 1.04. The van der Waals surface area contributed by atoms with Crippen LogP contribution in [0.25, 0.3) is 0 Å². The number of rotatable bonds is 2. The van der Waals surface area contributed by atoms with Crippen molar-refractivity contribution in [3.63, 3.8) is 0 Å². The minimum atomic E-state index is -0.692. The smallest absolute Gasteiger partial charge is 0.398 e. The largest absolute Gasteiger partial charge is 0.515 e. The number of nitrogens with one attached hydrogen (secondary N) is 2. The van der Waals surface area contributed by atoms with Crippen LogP contribution < -0.4 is 0 Å². The third-order valence-corrected chi connectivity index (χ3v) is 2.66. The highest BCUT2D eigenvalue weighted by Crippen LogP contribution is 2.36. The van der Waals surface area contributed by atoms with E-state index < -0.39 is 18.3 Å². The Morgan fingerprint density at radius 3 is 1.85 bits per heavy atom. The van der Waals surface area contributed by atoms with Crippen LogP contribution in [0.4, 0.5) is 0 Å². The molecule has 2 N–H and O–H groups in total. The van der Waals surface area contributed by atoms with Gasteiger partial charge in [-0.05, 0) is 27.7 Å². The van der Waals surface area contributed by atoms with Gasteiger partial charge in [-0.2, -0.15) is 0 Å². The van der Waals surface area contributed by atoms with Gasteiger partial charge < -0.3 is 20.1 Å². The molecule has 1 fully saturated rings. The maximum absolute atomic E-state index is 7.39. The summed E-state index contributed by atoms with van der Waals surface area (Å²) in [4.78, 5) is 0. The molecule has 1 rings (SSSR count). The fraction of sp³-hybridized carbons (Fsp3) is 0.750. The molecule has 0 amide bonds. The lowest BCUT2D eigenvalue weighted by molar-refractivity contribution is 0.00578. The predicted molar refractivity (Wildman–Crippen MR) is 52.6 cm³/mol. The molecule has 0 spiro atoms. The van der Waals surface area contributed by atoms with E-state index in [1.165, 1.54) is 0 Å². The molecule has 1 saturated heterocycles. The molecule has 1 heterocycles. The van der Waals surface area contributed by atoms with Crippen molar-refractivity contribution >= 4 is 18.9 Å². The van der Waals surface area contributed by atoms with E-state index in [-0.39, 0.29) is 5.61 Å². The minimum absolute atomic E-state index is 0.0543. The highest BCUT2D eigenvalue weighted by Gasteiger charge is 2.52. The van der Waals surface area contributed by atoms with E-state index in [1.807, 2.05) is 27.7 Å². The molecule has 0 aromatic heterocycles. The van der Waals surface area contributed by atoms with Crippen molar-refractivity contribution in [2.45, 2.75) is 38.9 Å². The standard InChI is InChI=1S/C8H15BN2O2/c1-7(2)8(3,4)13-9(12-7)6(11)5-10/h5,10-11H,1-4H3. The Hall–Kier alpha value is -0.675. The van der Waals surface area contributed by atoms with E-state index in [9.17, 15) is 0 Å². The Bertz CT molecular complexity index is 235. The third-order valence-electron chi connectivity index (χ3n) is 2.66. The zero-order valence-electron chi connectivity index (χ0n) is 8.47. The van der Waals surface area contributed by atoms with Gasteiger partial charge in [0.1, 0.15) is 0 Å². The van der Waals surface area contributed by atoms with Gasteiger partial charge in [-0.1, -0.05) is 0 Å². The summed E-state index contributed by atoms with van der Waals surface area (Å²) in [5, 5.41) is 14.3. The normalized spacial score (nSPS) is 24.5. The average Bonchev–Trinajstić information content (AvgIpc) is 2.20. The van der Waals surface area contributed by atoms with Crippen molar-refractivity contribution < 1.29 is 9.31 Å². The van der Waals surface area contributed by atoms with E-state index in [0.29, 0.717) is 0 Å². The molecule has 4 nitrogen and oxygen atoms in total.